The molecule has 0 aliphatic heterocycles. The van der Waals surface area contributed by atoms with E-state index in [0.717, 1.165) is 11.3 Å². The third-order valence-electron chi connectivity index (χ3n) is 3.58. The molecule has 0 bridgehead atoms. The number of tetrazole rings is 1. The number of benzene rings is 2. The molecule has 0 fully saturated rings. The summed E-state index contributed by atoms with van der Waals surface area (Å²) >= 11 is 1.40. The normalized spacial score (nSPS) is 10.8. The van der Waals surface area contributed by atoms with E-state index < -0.39 is 0 Å². The first-order chi connectivity index (χ1) is 12.8. The van der Waals surface area contributed by atoms with Gasteiger partial charge in [0.25, 0.3) is 0 Å². The van der Waals surface area contributed by atoms with E-state index in [4.69, 9.17) is 9.26 Å². The Morgan fingerprint density at radius 3 is 2.73 bits per heavy atom. The zero-order valence-corrected chi connectivity index (χ0v) is 14.6. The van der Waals surface area contributed by atoms with Crippen molar-refractivity contribution < 1.29 is 9.26 Å². The lowest BCUT2D eigenvalue weighted by atomic mass is 10.2. The highest BCUT2D eigenvalue weighted by atomic mass is 32.2. The second-order valence-electron chi connectivity index (χ2n) is 5.21. The summed E-state index contributed by atoms with van der Waals surface area (Å²) in [4.78, 5) is 4.41. The summed E-state index contributed by atoms with van der Waals surface area (Å²) in [5.41, 5.74) is 1.67. The molecule has 2 heterocycles. The minimum atomic E-state index is 0.454. The van der Waals surface area contributed by atoms with Crippen LogP contribution >= 0.6 is 11.8 Å². The number of para-hydroxylation sites is 2. The van der Waals surface area contributed by atoms with Gasteiger partial charge in [0.2, 0.25) is 16.9 Å². The van der Waals surface area contributed by atoms with Gasteiger partial charge >= 0.3 is 0 Å². The van der Waals surface area contributed by atoms with Crippen molar-refractivity contribution in [2.45, 2.75) is 10.9 Å². The first-order valence-corrected chi connectivity index (χ1v) is 8.76. The van der Waals surface area contributed by atoms with Gasteiger partial charge in [0.1, 0.15) is 11.4 Å². The van der Waals surface area contributed by atoms with E-state index in [2.05, 4.69) is 25.7 Å². The first kappa shape index (κ1) is 16.3. The average Bonchev–Trinajstić information content (AvgIpc) is 3.36. The van der Waals surface area contributed by atoms with Gasteiger partial charge in [0.15, 0.2) is 0 Å². The highest BCUT2D eigenvalue weighted by molar-refractivity contribution is 7.98. The van der Waals surface area contributed by atoms with Gasteiger partial charge < -0.3 is 9.26 Å². The molecule has 2 aromatic heterocycles. The van der Waals surface area contributed by atoms with Gasteiger partial charge in [-0.3, -0.25) is 0 Å². The molecular weight excluding hydrogens is 352 g/mol. The molecule has 26 heavy (non-hydrogen) atoms. The molecule has 0 N–H and O–H groups in total. The molecule has 4 rings (SSSR count). The minimum Gasteiger partial charge on any atom is -0.494 e. The summed E-state index contributed by atoms with van der Waals surface area (Å²) in [6.45, 7) is 0. The number of methoxy groups -OCH3 is 1. The van der Waals surface area contributed by atoms with Crippen LogP contribution in [0.5, 0.6) is 5.75 Å². The van der Waals surface area contributed by atoms with Crippen LogP contribution < -0.4 is 4.74 Å². The van der Waals surface area contributed by atoms with Crippen molar-refractivity contribution in [2.24, 2.45) is 0 Å². The molecule has 9 heteroatoms. The summed E-state index contributed by atoms with van der Waals surface area (Å²) in [5.74, 6) is 2.20. The second-order valence-corrected chi connectivity index (χ2v) is 6.15. The van der Waals surface area contributed by atoms with Crippen molar-refractivity contribution in [2.75, 3.05) is 7.11 Å². The quantitative estimate of drug-likeness (QED) is 0.481. The third-order valence-corrected chi connectivity index (χ3v) is 4.48. The van der Waals surface area contributed by atoms with E-state index >= 15 is 0 Å². The smallest absolute Gasteiger partial charge is 0.237 e. The van der Waals surface area contributed by atoms with Crippen molar-refractivity contribution >= 4 is 11.8 Å². The molecule has 4 aromatic rings. The lowest BCUT2D eigenvalue weighted by molar-refractivity contribution is 0.391. The summed E-state index contributed by atoms with van der Waals surface area (Å²) in [6, 6.07) is 17.2. The molecule has 0 aliphatic carbocycles. The monoisotopic (exact) mass is 366 g/mol. The van der Waals surface area contributed by atoms with Crippen LogP contribution in [0.25, 0.3) is 17.1 Å². The number of thioether (sulfide) groups is 1. The molecular formula is C17H14N6O2S. The SMILES string of the molecule is COc1ccccc1-n1nnnc1SCc1nc(-c2ccccc2)no1. The molecule has 0 saturated carbocycles. The Bertz CT molecular complexity index is 1000. The van der Waals surface area contributed by atoms with Gasteiger partial charge in [-0.25, -0.2) is 0 Å². The van der Waals surface area contributed by atoms with E-state index in [9.17, 15) is 0 Å². The van der Waals surface area contributed by atoms with E-state index in [1.807, 2.05) is 54.6 Å². The van der Waals surface area contributed by atoms with Crippen LogP contribution in [-0.2, 0) is 5.75 Å². The van der Waals surface area contributed by atoms with E-state index in [1.54, 1.807) is 11.8 Å². The highest BCUT2D eigenvalue weighted by Crippen LogP contribution is 2.27. The van der Waals surface area contributed by atoms with E-state index in [1.165, 1.54) is 11.8 Å². The summed E-state index contributed by atoms with van der Waals surface area (Å²) < 4.78 is 12.3. The number of ether oxygens (including phenoxy) is 1. The van der Waals surface area contributed by atoms with Crippen LogP contribution in [0.15, 0.2) is 64.3 Å². The number of hydrogen-bond acceptors (Lipinski definition) is 8. The molecule has 0 saturated heterocycles. The number of aromatic nitrogens is 6. The molecule has 130 valence electrons. The number of rotatable bonds is 6. The molecule has 0 atom stereocenters. The maximum absolute atomic E-state index is 5.37. The Labute approximate surface area is 153 Å². The van der Waals surface area contributed by atoms with Crippen LogP contribution in [0.4, 0.5) is 0 Å². The number of nitrogens with zero attached hydrogens (tertiary/aromatic N) is 6. The zero-order valence-electron chi connectivity index (χ0n) is 13.8. The first-order valence-electron chi connectivity index (χ1n) is 7.78. The molecule has 0 amide bonds. The minimum absolute atomic E-state index is 0.454. The molecule has 2 aromatic carbocycles. The van der Waals surface area contributed by atoms with E-state index in [-0.39, 0.29) is 0 Å². The fourth-order valence-electron chi connectivity index (χ4n) is 2.37. The van der Waals surface area contributed by atoms with Gasteiger partial charge in [-0.15, -0.1) is 5.10 Å². The average molecular weight is 366 g/mol. The fraction of sp³-hybridized carbons (Fsp3) is 0.118. The second kappa shape index (κ2) is 7.36. The maximum atomic E-state index is 5.37. The van der Waals surface area contributed by atoms with Crippen LogP contribution in [-0.4, -0.2) is 37.5 Å². The van der Waals surface area contributed by atoms with Gasteiger partial charge in [0.05, 0.1) is 12.9 Å². The van der Waals surface area contributed by atoms with Crippen molar-refractivity contribution in [3.05, 3.63) is 60.5 Å². The molecule has 0 radical (unpaired) electrons. The molecule has 0 unspecified atom stereocenters. The summed E-state index contributed by atoms with van der Waals surface area (Å²) in [5, 5.41) is 16.5. The lowest BCUT2D eigenvalue weighted by Crippen LogP contribution is -2.01. The van der Waals surface area contributed by atoms with Crippen LogP contribution in [0.2, 0.25) is 0 Å². The van der Waals surface area contributed by atoms with Gasteiger partial charge in [-0.1, -0.05) is 59.4 Å². The van der Waals surface area contributed by atoms with Gasteiger partial charge in [0, 0.05) is 5.56 Å². The largest absolute Gasteiger partial charge is 0.494 e. The Kier molecular flexibility index (Phi) is 4.61. The molecule has 8 nitrogen and oxygen atoms in total. The van der Waals surface area contributed by atoms with Crippen LogP contribution in [0.3, 0.4) is 0 Å². The lowest BCUT2D eigenvalue weighted by Gasteiger charge is -2.08. The fourth-order valence-corrected chi connectivity index (χ4v) is 3.09. The summed E-state index contributed by atoms with van der Waals surface area (Å²) in [7, 11) is 1.61. The summed E-state index contributed by atoms with van der Waals surface area (Å²) in [6.07, 6.45) is 0. The Morgan fingerprint density at radius 1 is 1.08 bits per heavy atom. The van der Waals surface area contributed by atoms with Crippen molar-refractivity contribution in [3.63, 3.8) is 0 Å². The van der Waals surface area contributed by atoms with Crippen LogP contribution in [0, 0.1) is 0 Å². The predicted molar refractivity (Wildman–Crippen MR) is 95.0 cm³/mol. The Hall–Kier alpha value is -3.20. The third kappa shape index (κ3) is 3.29. The molecule has 0 spiro atoms. The standard InChI is InChI=1S/C17H14N6O2S/c1-24-14-10-6-5-9-13(14)23-17(19-21-22-23)26-11-15-18-16(20-25-15)12-7-3-2-4-8-12/h2-10H,11H2,1H3. The topological polar surface area (TPSA) is 91.8 Å². The number of hydrogen-bond donors (Lipinski definition) is 0. The zero-order chi connectivity index (χ0) is 17.8. The van der Waals surface area contributed by atoms with Crippen molar-refractivity contribution in [1.29, 1.82) is 0 Å². The van der Waals surface area contributed by atoms with Gasteiger partial charge in [-0.05, 0) is 22.6 Å². The van der Waals surface area contributed by atoms with Gasteiger partial charge in [-0.2, -0.15) is 9.67 Å². The predicted octanol–water partition coefficient (Wildman–Crippen LogP) is 3.01. The molecule has 0 aliphatic rings. The maximum Gasteiger partial charge on any atom is 0.237 e. The Balaban J connectivity index is 1.52. The van der Waals surface area contributed by atoms with E-state index in [0.29, 0.717) is 28.4 Å². The highest BCUT2D eigenvalue weighted by Gasteiger charge is 2.15. The van der Waals surface area contributed by atoms with Crippen molar-refractivity contribution in [3.8, 4) is 22.8 Å². The van der Waals surface area contributed by atoms with Crippen LogP contribution in [0.1, 0.15) is 5.89 Å². The Morgan fingerprint density at radius 2 is 1.88 bits per heavy atom. The van der Waals surface area contributed by atoms with Crippen molar-refractivity contribution in [1.82, 2.24) is 30.3 Å².